The average molecular weight is 330 g/mol. The summed E-state index contributed by atoms with van der Waals surface area (Å²) in [5, 5.41) is 36.9. The van der Waals surface area contributed by atoms with Crippen molar-refractivity contribution in [2.75, 3.05) is 13.2 Å². The number of rotatable bonds is 7. The molecule has 0 spiro atoms. The van der Waals surface area contributed by atoms with Crippen LogP contribution in [0.5, 0.6) is 0 Å². The summed E-state index contributed by atoms with van der Waals surface area (Å²) in [6.45, 7) is -0.701. The molecule has 1 aromatic rings. The van der Waals surface area contributed by atoms with Gasteiger partial charge in [0.2, 0.25) is 0 Å². The van der Waals surface area contributed by atoms with Gasteiger partial charge in [-0.1, -0.05) is 0 Å². The van der Waals surface area contributed by atoms with Crippen LogP contribution in [0.1, 0.15) is 31.1 Å². The van der Waals surface area contributed by atoms with Crippen molar-refractivity contribution in [3.63, 3.8) is 0 Å². The summed E-state index contributed by atoms with van der Waals surface area (Å²) in [5.41, 5.74) is -0.813. The monoisotopic (exact) mass is 330 g/mol. The van der Waals surface area contributed by atoms with Crippen molar-refractivity contribution in [3.05, 3.63) is 32.6 Å². The van der Waals surface area contributed by atoms with Crippen LogP contribution in [0.15, 0.2) is 15.8 Å². The van der Waals surface area contributed by atoms with Crippen LogP contribution in [0.4, 0.5) is 0 Å². The van der Waals surface area contributed by atoms with Gasteiger partial charge in [0.1, 0.15) is 12.3 Å². The lowest BCUT2D eigenvalue weighted by Crippen LogP contribution is -2.34. The van der Waals surface area contributed by atoms with E-state index in [-0.39, 0.29) is 19.6 Å². The third-order valence-electron chi connectivity index (χ3n) is 3.93. The Kier molecular flexibility index (Phi) is 6.08. The number of nitrogens with zero attached hydrogens (tertiary/aromatic N) is 1. The Morgan fingerprint density at radius 2 is 2.13 bits per heavy atom. The molecular weight excluding hydrogens is 308 g/mol. The predicted molar refractivity (Wildman–Crippen MR) is 79.0 cm³/mol. The molecule has 1 aliphatic heterocycles. The van der Waals surface area contributed by atoms with Gasteiger partial charge in [0.05, 0.1) is 25.4 Å². The van der Waals surface area contributed by atoms with Crippen molar-refractivity contribution in [1.82, 2.24) is 9.55 Å². The van der Waals surface area contributed by atoms with Crippen molar-refractivity contribution < 1.29 is 25.2 Å². The highest BCUT2D eigenvalue weighted by molar-refractivity contribution is 5.05. The number of hydrogen-bond donors (Lipinski definition) is 5. The first-order valence-electron chi connectivity index (χ1n) is 7.54. The highest BCUT2D eigenvalue weighted by Crippen LogP contribution is 2.27. The fraction of sp³-hybridized carbons (Fsp3) is 0.714. The van der Waals surface area contributed by atoms with Gasteiger partial charge in [-0.2, -0.15) is 0 Å². The topological polar surface area (TPSA) is 145 Å². The Balaban J connectivity index is 2.14. The van der Waals surface area contributed by atoms with Crippen LogP contribution in [-0.2, 0) is 11.2 Å². The highest BCUT2D eigenvalue weighted by atomic mass is 16.5. The molecule has 0 aliphatic carbocycles. The van der Waals surface area contributed by atoms with Gasteiger partial charge >= 0.3 is 5.69 Å². The number of aliphatic hydroxyl groups excluding tert-OH is 4. The van der Waals surface area contributed by atoms with E-state index in [2.05, 4.69) is 4.98 Å². The van der Waals surface area contributed by atoms with Gasteiger partial charge in [0, 0.05) is 18.2 Å². The third-order valence-corrected chi connectivity index (χ3v) is 3.93. The van der Waals surface area contributed by atoms with Crippen LogP contribution in [0, 0.1) is 0 Å². The van der Waals surface area contributed by atoms with Crippen molar-refractivity contribution in [2.45, 2.75) is 50.2 Å². The number of aromatic amines is 1. The van der Waals surface area contributed by atoms with E-state index in [9.17, 15) is 19.8 Å². The number of ether oxygens (including phenoxy) is 1. The maximum atomic E-state index is 11.9. The van der Waals surface area contributed by atoms with E-state index < -0.39 is 35.8 Å². The van der Waals surface area contributed by atoms with Gasteiger partial charge < -0.3 is 25.2 Å². The summed E-state index contributed by atoms with van der Waals surface area (Å²) < 4.78 is 6.61. The number of aryl methyl sites for hydroxylation is 1. The Morgan fingerprint density at radius 3 is 2.74 bits per heavy atom. The van der Waals surface area contributed by atoms with E-state index >= 15 is 0 Å². The maximum Gasteiger partial charge on any atom is 0.330 e. The second kappa shape index (κ2) is 7.84. The lowest BCUT2D eigenvalue weighted by atomic mass is 10.1. The van der Waals surface area contributed by atoms with Crippen LogP contribution < -0.4 is 11.2 Å². The molecule has 0 saturated carbocycles. The molecule has 0 aromatic carbocycles. The first-order chi connectivity index (χ1) is 11.0. The minimum atomic E-state index is -0.882. The zero-order chi connectivity index (χ0) is 17.0. The maximum absolute atomic E-state index is 11.9. The van der Waals surface area contributed by atoms with E-state index in [0.29, 0.717) is 24.8 Å². The lowest BCUT2D eigenvalue weighted by Gasteiger charge is -2.15. The second-order valence-electron chi connectivity index (χ2n) is 5.66. The standard InChI is InChI=1S/C14H22N2O7/c17-6-9(19)3-1-2-8-5-16(14(22)15-13(8)21)12-4-10(20)11(7-18)23-12/h5,9-12,17-20H,1-4,6-7H2,(H,15,21,22). The summed E-state index contributed by atoms with van der Waals surface area (Å²) in [5.74, 6) is 0. The molecule has 1 aromatic heterocycles. The van der Waals surface area contributed by atoms with Crippen LogP contribution in [0.25, 0.3) is 0 Å². The van der Waals surface area contributed by atoms with Crippen molar-refractivity contribution in [3.8, 4) is 0 Å². The van der Waals surface area contributed by atoms with Crippen LogP contribution in [0.2, 0.25) is 0 Å². The van der Waals surface area contributed by atoms with Crippen molar-refractivity contribution >= 4 is 0 Å². The first-order valence-corrected chi connectivity index (χ1v) is 7.54. The van der Waals surface area contributed by atoms with Crippen molar-refractivity contribution in [2.24, 2.45) is 0 Å². The molecule has 2 rings (SSSR count). The molecule has 5 N–H and O–H groups in total. The normalized spacial score (nSPS) is 25.7. The quantitative estimate of drug-likeness (QED) is 0.383. The van der Waals surface area contributed by atoms with Crippen LogP contribution >= 0.6 is 0 Å². The van der Waals surface area contributed by atoms with Gasteiger partial charge in [-0.3, -0.25) is 14.3 Å². The summed E-state index contributed by atoms with van der Waals surface area (Å²) in [6.07, 6.45) is -0.591. The zero-order valence-electron chi connectivity index (χ0n) is 12.6. The molecule has 1 aliphatic rings. The van der Waals surface area contributed by atoms with Gasteiger partial charge in [0.15, 0.2) is 0 Å². The Labute approximate surface area is 131 Å². The minimum absolute atomic E-state index is 0.139. The number of aliphatic hydroxyl groups is 4. The van der Waals surface area contributed by atoms with Crippen LogP contribution in [0.3, 0.4) is 0 Å². The van der Waals surface area contributed by atoms with E-state index in [1.807, 2.05) is 0 Å². The van der Waals surface area contributed by atoms with E-state index in [1.165, 1.54) is 10.8 Å². The summed E-state index contributed by atoms with van der Waals surface area (Å²) in [6, 6.07) is 0. The molecule has 4 unspecified atom stereocenters. The fourth-order valence-electron chi connectivity index (χ4n) is 2.59. The van der Waals surface area contributed by atoms with Crippen molar-refractivity contribution in [1.29, 1.82) is 0 Å². The highest BCUT2D eigenvalue weighted by Gasteiger charge is 2.35. The molecule has 2 heterocycles. The molecule has 0 radical (unpaired) electrons. The van der Waals surface area contributed by atoms with Gasteiger partial charge in [0.25, 0.3) is 5.56 Å². The predicted octanol–water partition coefficient (Wildman–Crippen LogP) is -2.15. The largest absolute Gasteiger partial charge is 0.394 e. The molecule has 130 valence electrons. The smallest absolute Gasteiger partial charge is 0.330 e. The molecule has 1 fully saturated rings. The molecule has 4 atom stereocenters. The number of nitrogens with one attached hydrogen (secondary N) is 1. The number of H-pyrrole nitrogens is 1. The van der Waals surface area contributed by atoms with Gasteiger partial charge in [-0.05, 0) is 19.3 Å². The van der Waals surface area contributed by atoms with E-state index in [1.54, 1.807) is 0 Å². The summed E-state index contributed by atoms with van der Waals surface area (Å²) in [4.78, 5) is 25.9. The summed E-state index contributed by atoms with van der Waals surface area (Å²) >= 11 is 0. The second-order valence-corrected chi connectivity index (χ2v) is 5.66. The van der Waals surface area contributed by atoms with E-state index in [4.69, 9.17) is 14.9 Å². The third kappa shape index (κ3) is 4.27. The summed E-state index contributed by atoms with van der Waals surface area (Å²) in [7, 11) is 0. The minimum Gasteiger partial charge on any atom is -0.394 e. The molecule has 9 nitrogen and oxygen atoms in total. The SMILES string of the molecule is O=c1[nH]c(=O)n(C2CC(O)C(CO)O2)cc1CCCC(O)CO. The Hall–Kier alpha value is -1.52. The molecule has 23 heavy (non-hydrogen) atoms. The molecule has 0 amide bonds. The number of hydrogen-bond acceptors (Lipinski definition) is 7. The lowest BCUT2D eigenvalue weighted by molar-refractivity contribution is -0.0460. The van der Waals surface area contributed by atoms with Gasteiger partial charge in [-0.25, -0.2) is 4.79 Å². The van der Waals surface area contributed by atoms with Crippen LogP contribution in [-0.4, -0.2) is 61.5 Å². The average Bonchev–Trinajstić information content (AvgIpc) is 2.89. The number of aromatic nitrogens is 2. The zero-order valence-corrected chi connectivity index (χ0v) is 12.6. The molecule has 1 saturated heterocycles. The fourth-order valence-corrected chi connectivity index (χ4v) is 2.59. The molecule has 0 bridgehead atoms. The Bertz CT molecular complexity index is 626. The van der Waals surface area contributed by atoms with Gasteiger partial charge in [-0.15, -0.1) is 0 Å². The molecule has 9 heteroatoms. The first kappa shape index (κ1) is 17.8. The Morgan fingerprint density at radius 1 is 1.39 bits per heavy atom. The molecular formula is C14H22N2O7. The van der Waals surface area contributed by atoms with E-state index in [0.717, 1.165) is 0 Å².